The lowest BCUT2D eigenvalue weighted by Gasteiger charge is -2.04. The number of benzene rings is 1. The lowest BCUT2D eigenvalue weighted by atomic mass is 10.2. The zero-order valence-electron chi connectivity index (χ0n) is 16.7. The summed E-state index contributed by atoms with van der Waals surface area (Å²) in [6.07, 6.45) is 6.30. The van der Waals surface area contributed by atoms with Crippen LogP contribution in [0, 0.1) is 0 Å². The molecule has 1 amide bonds. The molecule has 0 aliphatic rings. The van der Waals surface area contributed by atoms with Crippen LogP contribution in [0.25, 0.3) is 22.2 Å². The number of rotatable bonds is 7. The molecule has 30 heavy (non-hydrogen) atoms. The van der Waals surface area contributed by atoms with Crippen LogP contribution in [0.15, 0.2) is 53.8 Å². The summed E-state index contributed by atoms with van der Waals surface area (Å²) in [4.78, 5) is 26.5. The largest absolute Gasteiger partial charge is 0.383 e. The number of nitrogens with zero attached hydrogens (tertiary/aromatic N) is 5. The first kappa shape index (κ1) is 19.5. The van der Waals surface area contributed by atoms with E-state index in [4.69, 9.17) is 5.73 Å². The number of hydrogen-bond donors (Lipinski definition) is 2. The third-order valence-corrected chi connectivity index (χ3v) is 4.76. The predicted molar refractivity (Wildman–Crippen MR) is 119 cm³/mol. The van der Waals surface area contributed by atoms with E-state index in [2.05, 4.69) is 32.3 Å². The van der Waals surface area contributed by atoms with E-state index in [1.807, 2.05) is 42.5 Å². The monoisotopic (exact) mass is 401 g/mol. The lowest BCUT2D eigenvalue weighted by Crippen LogP contribution is -2.25. The molecule has 0 saturated heterocycles. The smallest absolute Gasteiger partial charge is 0.257 e. The first-order valence-corrected chi connectivity index (χ1v) is 9.99. The van der Waals surface area contributed by atoms with Gasteiger partial charge in [0.05, 0.1) is 22.9 Å². The molecule has 1 aromatic carbocycles. The number of hydrogen-bond acceptors (Lipinski definition) is 6. The molecule has 4 aromatic rings. The van der Waals surface area contributed by atoms with Gasteiger partial charge in [0.25, 0.3) is 5.91 Å². The molecule has 8 nitrogen and oxygen atoms in total. The molecule has 8 heteroatoms. The Hall–Kier alpha value is -3.81. The zero-order chi connectivity index (χ0) is 20.9. The van der Waals surface area contributed by atoms with Crippen molar-refractivity contribution in [3.8, 4) is 0 Å². The highest BCUT2D eigenvalue weighted by molar-refractivity contribution is 6.10. The number of anilines is 1. The SMILES string of the molecule is CCCCCNC(=O)c1c(N)n(/N=C/c2ccccn2)c2nc3ccccc3nc12. The number of nitrogens with one attached hydrogen (secondary N) is 1. The first-order chi connectivity index (χ1) is 14.7. The Morgan fingerprint density at radius 2 is 1.90 bits per heavy atom. The van der Waals surface area contributed by atoms with Crippen LogP contribution in [0.2, 0.25) is 0 Å². The Morgan fingerprint density at radius 1 is 1.13 bits per heavy atom. The standard InChI is InChI=1S/C22H23N7O/c1-2-3-7-13-25-22(30)18-19-21(28-17-11-5-4-10-16(17)27-19)29(20(18)23)26-14-15-9-6-8-12-24-15/h4-6,8-12,14H,2-3,7,13,23H2,1H3,(H,25,30)/b26-14+. The van der Waals surface area contributed by atoms with Crippen molar-refractivity contribution in [1.82, 2.24) is 24.9 Å². The minimum absolute atomic E-state index is 0.195. The van der Waals surface area contributed by atoms with E-state index in [1.165, 1.54) is 4.68 Å². The molecule has 0 unspecified atom stereocenters. The normalized spacial score (nSPS) is 11.5. The van der Waals surface area contributed by atoms with Crippen molar-refractivity contribution in [2.45, 2.75) is 26.2 Å². The molecule has 0 saturated carbocycles. The lowest BCUT2D eigenvalue weighted by molar-refractivity contribution is 0.0955. The maximum atomic E-state index is 12.9. The van der Waals surface area contributed by atoms with Crippen LogP contribution in [0.3, 0.4) is 0 Å². The number of nitrogen functional groups attached to an aromatic ring is 1. The van der Waals surface area contributed by atoms with Crippen LogP contribution in [0.4, 0.5) is 5.82 Å². The number of pyridine rings is 1. The fraction of sp³-hybridized carbons (Fsp3) is 0.227. The topological polar surface area (TPSA) is 111 Å². The zero-order valence-corrected chi connectivity index (χ0v) is 16.7. The third kappa shape index (κ3) is 3.84. The van der Waals surface area contributed by atoms with Gasteiger partial charge < -0.3 is 11.1 Å². The predicted octanol–water partition coefficient (Wildman–Crippen LogP) is 3.36. The van der Waals surface area contributed by atoms with E-state index < -0.39 is 0 Å². The molecule has 152 valence electrons. The van der Waals surface area contributed by atoms with Crippen LogP contribution in [0.5, 0.6) is 0 Å². The highest BCUT2D eigenvalue weighted by Crippen LogP contribution is 2.27. The van der Waals surface area contributed by atoms with Crippen molar-refractivity contribution >= 4 is 40.1 Å². The van der Waals surface area contributed by atoms with E-state index in [0.29, 0.717) is 34.4 Å². The highest BCUT2D eigenvalue weighted by atomic mass is 16.1. The van der Waals surface area contributed by atoms with E-state index in [-0.39, 0.29) is 17.3 Å². The summed E-state index contributed by atoms with van der Waals surface area (Å²) in [5.74, 6) is -0.0783. The number of aromatic nitrogens is 4. The van der Waals surface area contributed by atoms with Crippen LogP contribution < -0.4 is 11.1 Å². The number of nitrogens with two attached hydrogens (primary N) is 1. The number of amides is 1. The van der Waals surface area contributed by atoms with Gasteiger partial charge in [-0.15, -0.1) is 0 Å². The summed E-state index contributed by atoms with van der Waals surface area (Å²) in [6, 6.07) is 13.0. The first-order valence-electron chi connectivity index (χ1n) is 9.99. The average molecular weight is 401 g/mol. The van der Waals surface area contributed by atoms with E-state index in [9.17, 15) is 4.79 Å². The van der Waals surface area contributed by atoms with Gasteiger partial charge in [-0.3, -0.25) is 9.78 Å². The summed E-state index contributed by atoms with van der Waals surface area (Å²) in [5.41, 5.74) is 9.56. The fourth-order valence-electron chi connectivity index (χ4n) is 3.22. The van der Waals surface area contributed by atoms with Crippen LogP contribution in [-0.4, -0.2) is 38.3 Å². The van der Waals surface area contributed by atoms with Gasteiger partial charge in [0, 0.05) is 12.7 Å². The molecular weight excluding hydrogens is 378 g/mol. The maximum absolute atomic E-state index is 12.9. The third-order valence-electron chi connectivity index (χ3n) is 4.76. The van der Waals surface area contributed by atoms with E-state index >= 15 is 0 Å². The van der Waals surface area contributed by atoms with Gasteiger partial charge in [-0.2, -0.15) is 9.78 Å². The second-order valence-electron chi connectivity index (χ2n) is 6.92. The van der Waals surface area contributed by atoms with Crippen LogP contribution >= 0.6 is 0 Å². The van der Waals surface area contributed by atoms with Gasteiger partial charge in [-0.05, 0) is 30.7 Å². The Labute approximate surface area is 173 Å². The van der Waals surface area contributed by atoms with Gasteiger partial charge >= 0.3 is 0 Å². The molecule has 4 rings (SSSR count). The summed E-state index contributed by atoms with van der Waals surface area (Å²) in [6.45, 7) is 2.70. The average Bonchev–Trinajstić information content (AvgIpc) is 3.04. The van der Waals surface area contributed by atoms with Crippen molar-refractivity contribution in [3.63, 3.8) is 0 Å². The summed E-state index contributed by atoms with van der Waals surface area (Å²) in [7, 11) is 0. The molecular formula is C22H23N7O. The van der Waals surface area contributed by atoms with Crippen LogP contribution in [0.1, 0.15) is 42.2 Å². The van der Waals surface area contributed by atoms with Crippen molar-refractivity contribution in [2.75, 3.05) is 12.3 Å². The van der Waals surface area contributed by atoms with Crippen molar-refractivity contribution < 1.29 is 4.79 Å². The van der Waals surface area contributed by atoms with Gasteiger partial charge in [-0.25, -0.2) is 9.97 Å². The highest BCUT2D eigenvalue weighted by Gasteiger charge is 2.23. The Balaban J connectivity index is 1.81. The molecule has 0 aliphatic heterocycles. The van der Waals surface area contributed by atoms with Crippen molar-refractivity contribution in [1.29, 1.82) is 0 Å². The Kier molecular flexibility index (Phi) is 5.65. The summed E-state index contributed by atoms with van der Waals surface area (Å²) in [5, 5.41) is 7.38. The van der Waals surface area contributed by atoms with Gasteiger partial charge in [-0.1, -0.05) is 38.0 Å². The minimum Gasteiger partial charge on any atom is -0.383 e. The molecule has 0 atom stereocenters. The number of carbonyl (C=O) groups is 1. The molecule has 0 spiro atoms. The number of unbranched alkanes of at least 4 members (excludes halogenated alkanes) is 2. The minimum atomic E-state index is -0.273. The van der Waals surface area contributed by atoms with E-state index in [1.54, 1.807) is 12.4 Å². The molecule has 0 aliphatic carbocycles. The van der Waals surface area contributed by atoms with Crippen molar-refractivity contribution in [3.05, 3.63) is 59.9 Å². The van der Waals surface area contributed by atoms with Crippen LogP contribution in [-0.2, 0) is 0 Å². The van der Waals surface area contributed by atoms with Gasteiger partial charge in [0.2, 0.25) is 0 Å². The Bertz CT molecular complexity index is 1210. The summed E-state index contributed by atoms with van der Waals surface area (Å²) < 4.78 is 1.45. The number of fused-ring (bicyclic) bond motifs is 2. The number of carbonyl (C=O) groups excluding carboxylic acids is 1. The second-order valence-corrected chi connectivity index (χ2v) is 6.92. The van der Waals surface area contributed by atoms with Crippen molar-refractivity contribution in [2.24, 2.45) is 5.10 Å². The molecule has 3 aromatic heterocycles. The van der Waals surface area contributed by atoms with Gasteiger partial charge in [0.1, 0.15) is 16.9 Å². The van der Waals surface area contributed by atoms with E-state index in [0.717, 1.165) is 19.3 Å². The fourth-order valence-corrected chi connectivity index (χ4v) is 3.22. The quantitative estimate of drug-likeness (QED) is 0.364. The maximum Gasteiger partial charge on any atom is 0.257 e. The Morgan fingerprint density at radius 3 is 2.63 bits per heavy atom. The molecule has 0 bridgehead atoms. The number of para-hydroxylation sites is 2. The van der Waals surface area contributed by atoms with Gasteiger partial charge in [0.15, 0.2) is 5.65 Å². The molecule has 3 heterocycles. The molecule has 0 radical (unpaired) electrons. The molecule has 0 fully saturated rings. The second kappa shape index (κ2) is 8.69. The summed E-state index contributed by atoms with van der Waals surface area (Å²) >= 11 is 0. The molecule has 3 N–H and O–H groups in total.